The minimum absolute atomic E-state index is 0.0393. The van der Waals surface area contributed by atoms with E-state index in [9.17, 15) is 17.9 Å². The summed E-state index contributed by atoms with van der Waals surface area (Å²) in [5.41, 5.74) is 1.96. The Morgan fingerprint density at radius 2 is 1.73 bits per heavy atom. The predicted molar refractivity (Wildman–Crippen MR) is 116 cm³/mol. The highest BCUT2D eigenvalue weighted by Gasteiger charge is 2.40. The van der Waals surface area contributed by atoms with E-state index in [1.807, 2.05) is 43.3 Å². The van der Waals surface area contributed by atoms with Crippen molar-refractivity contribution in [2.24, 2.45) is 0 Å². The van der Waals surface area contributed by atoms with Gasteiger partial charge in [0, 0.05) is 36.9 Å². The number of piperidine rings is 1. The molecule has 1 N–H and O–H groups in total. The number of hydrogen-bond donors (Lipinski definition) is 1. The molecule has 0 saturated carbocycles. The topological polar surface area (TPSA) is 60.9 Å². The van der Waals surface area contributed by atoms with E-state index in [1.54, 1.807) is 6.07 Å². The van der Waals surface area contributed by atoms with Crippen LogP contribution in [0.25, 0.3) is 0 Å². The van der Waals surface area contributed by atoms with Crippen LogP contribution in [0.15, 0.2) is 48.5 Å². The molecule has 0 aromatic heterocycles. The Morgan fingerprint density at radius 1 is 1.03 bits per heavy atom. The Bertz CT molecular complexity index is 975. The third-order valence-corrected chi connectivity index (χ3v) is 8.76. The molecule has 2 aromatic carbocycles. The number of aliphatic hydroxyl groups is 1. The van der Waals surface area contributed by atoms with Gasteiger partial charge in [0.25, 0.3) is 0 Å². The van der Waals surface area contributed by atoms with Gasteiger partial charge in [-0.25, -0.2) is 12.8 Å². The fourth-order valence-corrected chi connectivity index (χ4v) is 6.69. The fourth-order valence-electron chi connectivity index (χ4n) is 4.50. The highest BCUT2D eigenvalue weighted by molar-refractivity contribution is 7.89. The number of anilines is 1. The third kappa shape index (κ3) is 4.24. The highest BCUT2D eigenvalue weighted by atomic mass is 32.2. The second-order valence-corrected chi connectivity index (χ2v) is 10.5. The van der Waals surface area contributed by atoms with Crippen LogP contribution in [0.1, 0.15) is 49.0 Å². The lowest BCUT2D eigenvalue weighted by Crippen LogP contribution is -2.44. The number of aliphatic hydroxyl groups excluding tert-OH is 1. The van der Waals surface area contributed by atoms with Crippen molar-refractivity contribution in [1.29, 1.82) is 0 Å². The Morgan fingerprint density at radius 3 is 2.40 bits per heavy atom. The standard InChI is InChI=1S/C23H29FN2O3S/c1-17-7-10-23(18-5-3-2-4-6-18)30(28,29)26(17)16-19-8-9-20(15-22(19)24)25-13-11-21(27)12-14-25/h2-6,8-9,15,17,21,23,27H,7,10-14,16H2,1H3/t17-,23?/m0/s1. The van der Waals surface area contributed by atoms with Gasteiger partial charge < -0.3 is 10.0 Å². The Hall–Kier alpha value is -1.96. The lowest BCUT2D eigenvalue weighted by molar-refractivity contribution is 0.145. The van der Waals surface area contributed by atoms with Crippen LogP contribution in [0, 0.1) is 5.82 Å². The van der Waals surface area contributed by atoms with E-state index in [2.05, 4.69) is 4.90 Å². The molecule has 2 aliphatic rings. The number of hydrogen-bond acceptors (Lipinski definition) is 4. The molecule has 2 heterocycles. The van der Waals surface area contributed by atoms with Crippen LogP contribution < -0.4 is 4.90 Å². The minimum atomic E-state index is -3.59. The maximum absolute atomic E-state index is 14.9. The smallest absolute Gasteiger partial charge is 0.221 e. The Balaban J connectivity index is 1.55. The van der Waals surface area contributed by atoms with Crippen molar-refractivity contribution >= 4 is 15.7 Å². The van der Waals surface area contributed by atoms with Crippen LogP contribution in [-0.4, -0.2) is 43.1 Å². The zero-order chi connectivity index (χ0) is 21.3. The quantitative estimate of drug-likeness (QED) is 0.797. The number of halogens is 1. The SMILES string of the molecule is C[C@H]1CCC(c2ccccc2)S(=O)(=O)N1Cc1ccc(N2CCC(O)CC2)cc1F. The molecule has 0 bridgehead atoms. The van der Waals surface area contributed by atoms with Gasteiger partial charge in [0.2, 0.25) is 10.0 Å². The van der Waals surface area contributed by atoms with Crippen LogP contribution >= 0.6 is 0 Å². The van der Waals surface area contributed by atoms with Crippen molar-refractivity contribution in [3.8, 4) is 0 Å². The first-order valence-corrected chi connectivity index (χ1v) is 12.1. The first kappa shape index (κ1) is 21.3. The molecular formula is C23H29FN2O3S. The molecule has 4 rings (SSSR count). The van der Waals surface area contributed by atoms with Gasteiger partial charge in [0.1, 0.15) is 11.1 Å². The third-order valence-electron chi connectivity index (χ3n) is 6.39. The van der Waals surface area contributed by atoms with Gasteiger partial charge in [-0.3, -0.25) is 0 Å². The number of sulfonamides is 1. The summed E-state index contributed by atoms with van der Waals surface area (Å²) >= 11 is 0. The van der Waals surface area contributed by atoms with Gasteiger partial charge in [-0.15, -0.1) is 0 Å². The van der Waals surface area contributed by atoms with E-state index in [4.69, 9.17) is 0 Å². The van der Waals surface area contributed by atoms with Crippen LogP contribution in [0.2, 0.25) is 0 Å². The van der Waals surface area contributed by atoms with Crippen molar-refractivity contribution in [1.82, 2.24) is 4.31 Å². The molecule has 162 valence electrons. The van der Waals surface area contributed by atoms with Gasteiger partial charge in [-0.1, -0.05) is 36.4 Å². The van der Waals surface area contributed by atoms with Crippen molar-refractivity contribution in [2.45, 2.75) is 56.5 Å². The molecule has 7 heteroatoms. The molecule has 2 aromatic rings. The Kier molecular flexibility index (Phi) is 6.14. The van der Waals surface area contributed by atoms with Crippen molar-refractivity contribution in [3.05, 3.63) is 65.5 Å². The molecule has 2 atom stereocenters. The van der Waals surface area contributed by atoms with E-state index >= 15 is 0 Å². The first-order chi connectivity index (χ1) is 14.4. The van der Waals surface area contributed by atoms with Crippen molar-refractivity contribution in [3.63, 3.8) is 0 Å². The summed E-state index contributed by atoms with van der Waals surface area (Å²) in [7, 11) is -3.59. The number of benzene rings is 2. The summed E-state index contributed by atoms with van der Waals surface area (Å²) in [6.07, 6.45) is 2.39. The van der Waals surface area contributed by atoms with E-state index in [0.29, 0.717) is 37.9 Å². The summed E-state index contributed by atoms with van der Waals surface area (Å²) < 4.78 is 43.1. The summed E-state index contributed by atoms with van der Waals surface area (Å²) in [5.74, 6) is -0.386. The predicted octanol–water partition coefficient (Wildman–Crippen LogP) is 3.84. The molecule has 0 radical (unpaired) electrons. The second kappa shape index (κ2) is 8.65. The molecule has 0 spiro atoms. The summed E-state index contributed by atoms with van der Waals surface area (Å²) in [4.78, 5) is 2.06. The molecule has 1 unspecified atom stereocenters. The Labute approximate surface area is 178 Å². The van der Waals surface area contributed by atoms with Crippen molar-refractivity contribution < 1.29 is 17.9 Å². The van der Waals surface area contributed by atoms with E-state index in [-0.39, 0.29) is 24.5 Å². The van der Waals surface area contributed by atoms with Gasteiger partial charge in [0.15, 0.2) is 0 Å². The number of nitrogens with zero attached hydrogens (tertiary/aromatic N) is 2. The average Bonchev–Trinajstić information content (AvgIpc) is 2.73. The number of rotatable bonds is 4. The highest BCUT2D eigenvalue weighted by Crippen LogP contribution is 2.38. The lowest BCUT2D eigenvalue weighted by atomic mass is 10.0. The normalized spacial score (nSPS) is 25.4. The molecular weight excluding hydrogens is 403 g/mol. The fraction of sp³-hybridized carbons (Fsp3) is 0.478. The minimum Gasteiger partial charge on any atom is -0.393 e. The summed E-state index contributed by atoms with van der Waals surface area (Å²) in [6, 6.07) is 14.1. The second-order valence-electron chi connectivity index (χ2n) is 8.41. The van der Waals surface area contributed by atoms with Crippen LogP contribution in [-0.2, 0) is 16.6 Å². The molecule has 2 fully saturated rings. The lowest BCUT2D eigenvalue weighted by Gasteiger charge is -2.37. The molecule has 2 saturated heterocycles. The maximum Gasteiger partial charge on any atom is 0.221 e. The van der Waals surface area contributed by atoms with Crippen LogP contribution in [0.4, 0.5) is 10.1 Å². The van der Waals surface area contributed by atoms with E-state index in [1.165, 1.54) is 10.4 Å². The van der Waals surface area contributed by atoms with Gasteiger partial charge in [-0.05, 0) is 50.3 Å². The largest absolute Gasteiger partial charge is 0.393 e. The van der Waals surface area contributed by atoms with Gasteiger partial charge in [0.05, 0.1) is 6.10 Å². The first-order valence-electron chi connectivity index (χ1n) is 10.6. The van der Waals surface area contributed by atoms with Crippen LogP contribution in [0.5, 0.6) is 0 Å². The molecule has 0 aliphatic carbocycles. The maximum atomic E-state index is 14.9. The summed E-state index contributed by atoms with van der Waals surface area (Å²) in [6.45, 7) is 3.31. The van der Waals surface area contributed by atoms with Gasteiger partial charge in [-0.2, -0.15) is 4.31 Å². The molecule has 2 aliphatic heterocycles. The molecule has 0 amide bonds. The van der Waals surface area contributed by atoms with Crippen LogP contribution in [0.3, 0.4) is 0 Å². The van der Waals surface area contributed by atoms with E-state index < -0.39 is 15.3 Å². The molecule has 30 heavy (non-hydrogen) atoms. The monoisotopic (exact) mass is 432 g/mol. The van der Waals surface area contributed by atoms with E-state index in [0.717, 1.165) is 17.7 Å². The zero-order valence-corrected chi connectivity index (χ0v) is 18.1. The summed E-state index contributed by atoms with van der Waals surface area (Å²) in [5, 5.41) is 9.08. The zero-order valence-electron chi connectivity index (χ0n) is 17.2. The molecule has 5 nitrogen and oxygen atoms in total. The average molecular weight is 433 g/mol. The van der Waals surface area contributed by atoms with Crippen molar-refractivity contribution in [2.75, 3.05) is 18.0 Å². The van der Waals surface area contributed by atoms with Gasteiger partial charge >= 0.3 is 0 Å².